The van der Waals surface area contributed by atoms with Crippen LogP contribution in [0.25, 0.3) is 0 Å². The number of nitrogens with zero attached hydrogens (tertiary/aromatic N) is 3. The Balaban J connectivity index is 1.35. The van der Waals surface area contributed by atoms with Crippen molar-refractivity contribution in [3.05, 3.63) is 52.8 Å². The van der Waals surface area contributed by atoms with E-state index >= 15 is 0 Å². The van der Waals surface area contributed by atoms with Crippen LogP contribution < -0.4 is 16.0 Å². The zero-order valence-electron chi connectivity index (χ0n) is 15.3. The van der Waals surface area contributed by atoms with Gasteiger partial charge in [0.15, 0.2) is 0 Å². The third-order valence-electron chi connectivity index (χ3n) is 5.06. The van der Waals surface area contributed by atoms with Gasteiger partial charge in [-0.25, -0.2) is 4.98 Å². The van der Waals surface area contributed by atoms with Crippen LogP contribution in [0, 0.1) is 6.92 Å². The van der Waals surface area contributed by atoms with Crippen LogP contribution in [0.5, 0.6) is 0 Å². The fraction of sp³-hybridized carbons (Fsp3) is 0.350. The first-order chi connectivity index (χ1) is 13.2. The first-order valence-corrected chi connectivity index (χ1v) is 9.50. The SMILES string of the molecule is Cc1cc(Nc2cc(C3CC3)n[nH]2)nc(Nc2ccc3c(c2)CNCC3)n1. The summed E-state index contributed by atoms with van der Waals surface area (Å²) in [6.07, 6.45) is 3.56. The standard InChI is InChI=1S/C20H23N7/c1-12-8-18(24-19-10-17(26-27-19)14-2-3-14)25-20(22-12)23-16-5-4-13-6-7-21-11-15(13)9-16/h4-5,8-10,14,21H,2-3,6-7,11H2,1H3,(H3,22,23,24,25,26,27). The minimum atomic E-state index is 0.586. The van der Waals surface area contributed by atoms with Gasteiger partial charge in [0.25, 0.3) is 0 Å². The van der Waals surface area contributed by atoms with E-state index in [1.54, 1.807) is 0 Å². The fourth-order valence-electron chi connectivity index (χ4n) is 3.50. The van der Waals surface area contributed by atoms with Gasteiger partial charge in [-0.05, 0) is 56.0 Å². The van der Waals surface area contributed by atoms with Gasteiger partial charge in [0.05, 0.1) is 5.69 Å². The highest BCUT2D eigenvalue weighted by Gasteiger charge is 2.26. The number of nitrogens with one attached hydrogen (secondary N) is 4. The number of hydrogen-bond acceptors (Lipinski definition) is 6. The summed E-state index contributed by atoms with van der Waals surface area (Å²) in [6, 6.07) is 10.5. The van der Waals surface area contributed by atoms with E-state index in [0.717, 1.165) is 48.2 Å². The van der Waals surface area contributed by atoms with Crippen LogP contribution >= 0.6 is 0 Å². The second kappa shape index (κ2) is 6.66. The van der Waals surface area contributed by atoms with Gasteiger partial charge in [0, 0.05) is 36.0 Å². The molecule has 4 N–H and O–H groups in total. The lowest BCUT2D eigenvalue weighted by molar-refractivity contribution is 0.644. The van der Waals surface area contributed by atoms with Crippen LogP contribution in [0.1, 0.15) is 41.3 Å². The van der Waals surface area contributed by atoms with Crippen LogP contribution in [0.2, 0.25) is 0 Å². The Bertz CT molecular complexity index is 974. The van der Waals surface area contributed by atoms with E-state index < -0.39 is 0 Å². The van der Waals surface area contributed by atoms with E-state index in [9.17, 15) is 0 Å². The van der Waals surface area contributed by atoms with Crippen molar-refractivity contribution in [3.63, 3.8) is 0 Å². The highest BCUT2D eigenvalue weighted by molar-refractivity contribution is 5.60. The van der Waals surface area contributed by atoms with Crippen LogP contribution in [-0.4, -0.2) is 26.7 Å². The zero-order chi connectivity index (χ0) is 18.2. The molecule has 0 unspecified atom stereocenters. The number of benzene rings is 1. The molecule has 3 heterocycles. The molecule has 1 aromatic carbocycles. The Morgan fingerprint density at radius 3 is 2.85 bits per heavy atom. The summed E-state index contributed by atoms with van der Waals surface area (Å²) in [5.41, 5.74) is 5.78. The highest BCUT2D eigenvalue weighted by atomic mass is 15.2. The predicted octanol–water partition coefficient (Wildman–Crippen LogP) is 3.52. The summed E-state index contributed by atoms with van der Waals surface area (Å²) in [6.45, 7) is 3.93. The third-order valence-corrected chi connectivity index (χ3v) is 5.06. The molecule has 138 valence electrons. The maximum Gasteiger partial charge on any atom is 0.229 e. The van der Waals surface area contributed by atoms with Gasteiger partial charge < -0.3 is 16.0 Å². The number of anilines is 4. The van der Waals surface area contributed by atoms with Crippen LogP contribution in [-0.2, 0) is 13.0 Å². The smallest absolute Gasteiger partial charge is 0.229 e. The van der Waals surface area contributed by atoms with Crippen LogP contribution in [0.4, 0.5) is 23.3 Å². The summed E-state index contributed by atoms with van der Waals surface area (Å²) in [4.78, 5) is 9.13. The largest absolute Gasteiger partial charge is 0.325 e. The quantitative estimate of drug-likeness (QED) is 0.556. The summed E-state index contributed by atoms with van der Waals surface area (Å²) >= 11 is 0. The predicted molar refractivity (Wildman–Crippen MR) is 106 cm³/mol. The topological polar surface area (TPSA) is 90.5 Å². The molecule has 1 fully saturated rings. The van der Waals surface area contributed by atoms with Crippen molar-refractivity contribution in [3.8, 4) is 0 Å². The van der Waals surface area contributed by atoms with E-state index in [0.29, 0.717) is 11.9 Å². The van der Waals surface area contributed by atoms with Crippen molar-refractivity contribution < 1.29 is 0 Å². The van der Waals surface area contributed by atoms with Gasteiger partial charge in [-0.1, -0.05) is 6.07 Å². The molecule has 0 atom stereocenters. The second-order valence-electron chi connectivity index (χ2n) is 7.36. The minimum Gasteiger partial charge on any atom is -0.325 e. The molecule has 0 bridgehead atoms. The van der Waals surface area contributed by atoms with Gasteiger partial charge >= 0.3 is 0 Å². The Labute approximate surface area is 158 Å². The number of fused-ring (bicyclic) bond motifs is 1. The average Bonchev–Trinajstić information content (AvgIpc) is 3.41. The van der Waals surface area contributed by atoms with E-state index in [1.165, 1.54) is 24.0 Å². The van der Waals surface area contributed by atoms with E-state index in [-0.39, 0.29) is 0 Å². The van der Waals surface area contributed by atoms with Crippen molar-refractivity contribution >= 4 is 23.3 Å². The van der Waals surface area contributed by atoms with Crippen LogP contribution in [0.3, 0.4) is 0 Å². The molecule has 1 saturated carbocycles. The monoisotopic (exact) mass is 361 g/mol. The van der Waals surface area contributed by atoms with Gasteiger partial charge in [-0.2, -0.15) is 10.1 Å². The number of aromatic nitrogens is 4. The molecule has 2 aliphatic rings. The highest BCUT2D eigenvalue weighted by Crippen LogP contribution is 2.39. The third kappa shape index (κ3) is 3.64. The zero-order valence-corrected chi connectivity index (χ0v) is 15.3. The van der Waals surface area contributed by atoms with Crippen LogP contribution in [0.15, 0.2) is 30.3 Å². The molecular formula is C20H23N7. The molecule has 0 saturated heterocycles. The number of hydrogen-bond donors (Lipinski definition) is 4. The maximum atomic E-state index is 4.61. The van der Waals surface area contributed by atoms with E-state index in [1.807, 2.05) is 13.0 Å². The summed E-state index contributed by atoms with van der Waals surface area (Å²) < 4.78 is 0. The molecule has 7 nitrogen and oxygen atoms in total. The molecule has 2 aromatic heterocycles. The molecular weight excluding hydrogens is 338 g/mol. The first kappa shape index (κ1) is 16.3. The summed E-state index contributed by atoms with van der Waals surface area (Å²) in [7, 11) is 0. The lowest BCUT2D eigenvalue weighted by atomic mass is 10.0. The summed E-state index contributed by atoms with van der Waals surface area (Å²) in [5.74, 6) is 2.82. The number of aromatic amines is 1. The molecule has 0 spiro atoms. The van der Waals surface area contributed by atoms with Crippen molar-refractivity contribution in [2.75, 3.05) is 17.2 Å². The fourth-order valence-corrected chi connectivity index (χ4v) is 3.50. The van der Waals surface area contributed by atoms with E-state index in [4.69, 9.17) is 0 Å². The van der Waals surface area contributed by atoms with Gasteiger partial charge in [-0.15, -0.1) is 0 Å². The normalized spacial score (nSPS) is 16.0. The Kier molecular flexibility index (Phi) is 4.01. The molecule has 0 amide bonds. The number of aryl methyl sites for hydroxylation is 1. The second-order valence-corrected chi connectivity index (χ2v) is 7.36. The minimum absolute atomic E-state index is 0.586. The van der Waals surface area contributed by atoms with Crippen molar-refractivity contribution in [2.45, 2.75) is 38.6 Å². The van der Waals surface area contributed by atoms with Crippen molar-refractivity contribution in [1.29, 1.82) is 0 Å². The number of rotatable bonds is 5. The molecule has 1 aliphatic carbocycles. The van der Waals surface area contributed by atoms with Gasteiger partial charge in [0.2, 0.25) is 5.95 Å². The molecule has 5 rings (SSSR count). The van der Waals surface area contributed by atoms with Gasteiger partial charge in [0.1, 0.15) is 11.6 Å². The summed E-state index contributed by atoms with van der Waals surface area (Å²) in [5, 5.41) is 17.5. The maximum absolute atomic E-state index is 4.61. The molecule has 0 radical (unpaired) electrons. The Morgan fingerprint density at radius 2 is 1.96 bits per heavy atom. The Morgan fingerprint density at radius 1 is 1.04 bits per heavy atom. The van der Waals surface area contributed by atoms with Gasteiger partial charge in [-0.3, -0.25) is 5.10 Å². The lowest BCUT2D eigenvalue weighted by Gasteiger charge is -2.18. The molecule has 1 aliphatic heterocycles. The first-order valence-electron chi connectivity index (χ1n) is 9.50. The van der Waals surface area contributed by atoms with E-state index in [2.05, 4.69) is 60.4 Å². The molecule has 7 heteroatoms. The Hall–Kier alpha value is -2.93. The van der Waals surface area contributed by atoms with Crippen molar-refractivity contribution in [1.82, 2.24) is 25.5 Å². The molecule has 3 aromatic rings. The average molecular weight is 361 g/mol. The number of H-pyrrole nitrogens is 1. The molecule has 27 heavy (non-hydrogen) atoms. The lowest BCUT2D eigenvalue weighted by Crippen LogP contribution is -2.23. The van der Waals surface area contributed by atoms with Crippen molar-refractivity contribution in [2.24, 2.45) is 0 Å².